The van der Waals surface area contributed by atoms with Crippen LogP contribution in [0.4, 0.5) is 0 Å². The van der Waals surface area contributed by atoms with Crippen molar-refractivity contribution >= 4 is 0 Å². The number of likely N-dealkylation sites (tertiary alicyclic amines) is 1. The average Bonchev–Trinajstić information content (AvgIpc) is 2.62. The van der Waals surface area contributed by atoms with Crippen molar-refractivity contribution in [3.63, 3.8) is 0 Å². The van der Waals surface area contributed by atoms with Crippen LogP contribution in [0.25, 0.3) is 0 Å². The Hall–Kier alpha value is -0.860. The first-order chi connectivity index (χ1) is 9.65. The first-order valence-electron chi connectivity index (χ1n) is 8.12. The van der Waals surface area contributed by atoms with E-state index in [2.05, 4.69) is 56.2 Å². The number of benzene rings is 1. The van der Waals surface area contributed by atoms with Gasteiger partial charge in [-0.05, 0) is 76.0 Å². The molecule has 1 heterocycles. The van der Waals surface area contributed by atoms with Gasteiger partial charge in [0.25, 0.3) is 0 Å². The molecule has 1 aromatic carbocycles. The summed E-state index contributed by atoms with van der Waals surface area (Å²) in [5.74, 6) is 0.725. The van der Waals surface area contributed by atoms with E-state index < -0.39 is 0 Å². The fourth-order valence-corrected chi connectivity index (χ4v) is 3.55. The van der Waals surface area contributed by atoms with Gasteiger partial charge in [-0.2, -0.15) is 0 Å². The van der Waals surface area contributed by atoms with E-state index in [0.717, 1.165) is 19.0 Å². The lowest BCUT2D eigenvalue weighted by atomic mass is 9.86. The highest BCUT2D eigenvalue weighted by molar-refractivity contribution is 5.36. The van der Waals surface area contributed by atoms with Gasteiger partial charge in [-0.3, -0.25) is 4.90 Å². The molecule has 2 atom stereocenters. The minimum Gasteiger partial charge on any atom is -0.317 e. The quantitative estimate of drug-likeness (QED) is 0.901. The van der Waals surface area contributed by atoms with Gasteiger partial charge in [0, 0.05) is 6.04 Å². The smallest absolute Gasteiger partial charge is 0.0388 e. The summed E-state index contributed by atoms with van der Waals surface area (Å²) in [7, 11) is 2.30. The highest BCUT2D eigenvalue weighted by Gasteiger charge is 2.29. The van der Waals surface area contributed by atoms with Crippen LogP contribution in [0.5, 0.6) is 0 Å². The summed E-state index contributed by atoms with van der Waals surface area (Å²) in [6, 6.07) is 7.36. The molecule has 2 nitrogen and oxygen atoms in total. The normalized spacial score (nSPS) is 24.6. The summed E-state index contributed by atoms with van der Waals surface area (Å²) >= 11 is 0. The van der Waals surface area contributed by atoms with Crippen molar-refractivity contribution in [2.45, 2.75) is 46.1 Å². The van der Waals surface area contributed by atoms with Crippen LogP contribution >= 0.6 is 0 Å². The van der Waals surface area contributed by atoms with Gasteiger partial charge in [0.2, 0.25) is 0 Å². The Bertz CT molecular complexity index is 427. The van der Waals surface area contributed by atoms with Crippen molar-refractivity contribution in [2.75, 3.05) is 26.7 Å². The second-order valence-corrected chi connectivity index (χ2v) is 6.28. The summed E-state index contributed by atoms with van der Waals surface area (Å²) in [6.07, 6.45) is 4.04. The van der Waals surface area contributed by atoms with E-state index in [1.807, 2.05) is 0 Å². The molecule has 1 fully saturated rings. The fraction of sp³-hybridized carbons (Fsp3) is 0.667. The third-order valence-electron chi connectivity index (χ3n) is 4.88. The molecule has 0 amide bonds. The van der Waals surface area contributed by atoms with Gasteiger partial charge in [-0.25, -0.2) is 0 Å². The summed E-state index contributed by atoms with van der Waals surface area (Å²) in [5.41, 5.74) is 4.44. The van der Waals surface area contributed by atoms with Crippen molar-refractivity contribution in [2.24, 2.45) is 5.92 Å². The van der Waals surface area contributed by atoms with Crippen molar-refractivity contribution in [3.05, 3.63) is 34.9 Å². The Morgan fingerprint density at radius 3 is 2.80 bits per heavy atom. The lowest BCUT2D eigenvalue weighted by Gasteiger charge is -2.34. The summed E-state index contributed by atoms with van der Waals surface area (Å²) in [4.78, 5) is 2.58. The molecule has 112 valence electrons. The Kier molecular flexibility index (Phi) is 5.62. The number of nitrogens with one attached hydrogen (secondary N) is 1. The van der Waals surface area contributed by atoms with Crippen LogP contribution in [0.1, 0.15) is 48.9 Å². The first-order valence-corrected chi connectivity index (χ1v) is 8.12. The van der Waals surface area contributed by atoms with E-state index in [1.165, 1.54) is 42.5 Å². The van der Waals surface area contributed by atoms with Crippen LogP contribution in [-0.4, -0.2) is 31.6 Å². The van der Waals surface area contributed by atoms with Gasteiger partial charge < -0.3 is 5.32 Å². The van der Waals surface area contributed by atoms with Gasteiger partial charge in [0.1, 0.15) is 0 Å². The largest absolute Gasteiger partial charge is 0.317 e. The molecule has 0 bridgehead atoms. The van der Waals surface area contributed by atoms with Crippen molar-refractivity contribution in [3.8, 4) is 0 Å². The molecule has 0 radical (unpaired) electrons. The molecule has 0 aliphatic carbocycles. The second-order valence-electron chi connectivity index (χ2n) is 6.28. The predicted molar refractivity (Wildman–Crippen MR) is 87.2 cm³/mol. The van der Waals surface area contributed by atoms with Gasteiger partial charge in [0.15, 0.2) is 0 Å². The topological polar surface area (TPSA) is 15.3 Å². The lowest BCUT2D eigenvalue weighted by molar-refractivity contribution is 0.189. The monoisotopic (exact) mass is 274 g/mol. The fourth-order valence-electron chi connectivity index (χ4n) is 3.55. The highest BCUT2D eigenvalue weighted by atomic mass is 15.1. The zero-order chi connectivity index (χ0) is 14.5. The van der Waals surface area contributed by atoms with Crippen LogP contribution < -0.4 is 5.32 Å². The maximum Gasteiger partial charge on any atom is 0.0388 e. The first kappa shape index (κ1) is 15.5. The van der Waals surface area contributed by atoms with Crippen molar-refractivity contribution in [1.82, 2.24) is 10.2 Å². The second kappa shape index (κ2) is 7.24. The maximum atomic E-state index is 3.57. The van der Waals surface area contributed by atoms with E-state index in [-0.39, 0.29) is 0 Å². The van der Waals surface area contributed by atoms with Crippen molar-refractivity contribution in [1.29, 1.82) is 0 Å². The van der Waals surface area contributed by atoms with Crippen LogP contribution in [0.3, 0.4) is 0 Å². The van der Waals surface area contributed by atoms with Crippen molar-refractivity contribution < 1.29 is 0 Å². The van der Waals surface area contributed by atoms with Gasteiger partial charge >= 0.3 is 0 Å². The predicted octanol–water partition coefficient (Wildman–Crippen LogP) is 3.69. The summed E-state index contributed by atoms with van der Waals surface area (Å²) < 4.78 is 0. The molecule has 2 rings (SSSR count). The molecule has 1 N–H and O–H groups in total. The molecule has 1 aliphatic rings. The van der Waals surface area contributed by atoms with Gasteiger partial charge in [-0.1, -0.05) is 31.5 Å². The Morgan fingerprint density at radius 1 is 1.25 bits per heavy atom. The van der Waals surface area contributed by atoms with Crippen LogP contribution in [0.15, 0.2) is 18.2 Å². The average molecular weight is 274 g/mol. The van der Waals surface area contributed by atoms with E-state index in [4.69, 9.17) is 0 Å². The molecule has 0 saturated carbocycles. The number of hydrogen-bond acceptors (Lipinski definition) is 2. The number of hydrogen-bond donors (Lipinski definition) is 1. The molecule has 0 aromatic heterocycles. The Balaban J connectivity index is 2.32. The number of nitrogens with zero attached hydrogens (tertiary/aromatic N) is 1. The molecule has 2 unspecified atom stereocenters. The number of aryl methyl sites for hydroxylation is 1. The molecule has 1 aliphatic heterocycles. The molecule has 1 aromatic rings. The van der Waals surface area contributed by atoms with E-state index in [1.54, 1.807) is 0 Å². The highest BCUT2D eigenvalue weighted by Crippen LogP contribution is 2.36. The third-order valence-corrected chi connectivity index (χ3v) is 4.88. The lowest BCUT2D eigenvalue weighted by Crippen LogP contribution is -2.35. The Morgan fingerprint density at radius 2 is 2.05 bits per heavy atom. The number of rotatable bonds is 4. The molecular weight excluding hydrogens is 244 g/mol. The molecular formula is C18H30N2. The third kappa shape index (κ3) is 3.42. The minimum atomic E-state index is 0.566. The molecule has 0 spiro atoms. The maximum absolute atomic E-state index is 3.57. The molecule has 2 heteroatoms. The van der Waals surface area contributed by atoms with E-state index in [9.17, 15) is 0 Å². The molecule has 1 saturated heterocycles. The zero-order valence-electron chi connectivity index (χ0n) is 13.6. The van der Waals surface area contributed by atoms with Crippen LogP contribution in [-0.2, 0) is 0 Å². The van der Waals surface area contributed by atoms with Crippen LogP contribution in [0.2, 0.25) is 0 Å². The van der Waals surface area contributed by atoms with Gasteiger partial charge in [0.05, 0.1) is 0 Å². The van der Waals surface area contributed by atoms with Crippen LogP contribution in [0, 0.1) is 19.8 Å². The van der Waals surface area contributed by atoms with Gasteiger partial charge in [-0.15, -0.1) is 0 Å². The van der Waals surface area contributed by atoms with E-state index in [0.29, 0.717) is 6.04 Å². The Labute approximate surface area is 124 Å². The SMILES string of the molecule is CCNCC1CCCCN(C)C1c1cccc(C)c1C. The summed E-state index contributed by atoms with van der Waals surface area (Å²) in [5, 5.41) is 3.57. The molecule has 20 heavy (non-hydrogen) atoms. The standard InChI is InChI=1S/C18H30N2/c1-5-19-13-16-10-6-7-12-20(4)18(16)17-11-8-9-14(2)15(17)3/h8-9,11,16,18-19H,5-7,10,12-13H2,1-4H3. The zero-order valence-corrected chi connectivity index (χ0v) is 13.6. The minimum absolute atomic E-state index is 0.566. The van der Waals surface area contributed by atoms with E-state index >= 15 is 0 Å². The summed E-state index contributed by atoms with van der Waals surface area (Å²) in [6.45, 7) is 10.1.